The Bertz CT molecular complexity index is 423. The van der Waals surface area contributed by atoms with Crippen LogP contribution in [0.4, 0.5) is 0 Å². The van der Waals surface area contributed by atoms with Crippen molar-refractivity contribution < 1.29 is 0 Å². The molecule has 2 heterocycles. The third kappa shape index (κ3) is 0.829. The largest absolute Gasteiger partial charge is 0.289 e. The molecule has 0 atom stereocenters. The summed E-state index contributed by atoms with van der Waals surface area (Å²) in [5.74, 6) is 0. The monoisotopic (exact) mass is 144 g/mol. The molecule has 0 saturated carbocycles. The lowest BCUT2D eigenvalue weighted by Gasteiger charge is -1.90. The molecule has 0 fully saturated rings. The lowest BCUT2D eigenvalue weighted by molar-refractivity contribution is 1.10. The van der Waals surface area contributed by atoms with E-state index in [-0.39, 0.29) is 0 Å². The second-order valence-electron chi connectivity index (χ2n) is 2.11. The highest BCUT2D eigenvalue weighted by Gasteiger charge is 1.94. The van der Waals surface area contributed by atoms with Crippen molar-refractivity contribution in [1.82, 2.24) is 14.4 Å². The molecular weight excluding hydrogens is 140 g/mol. The zero-order valence-electron chi connectivity index (χ0n) is 5.60. The summed E-state index contributed by atoms with van der Waals surface area (Å²) in [5.41, 5.74) is 1.29. The minimum Gasteiger partial charge on any atom is -0.289 e. The first-order chi connectivity index (χ1) is 5.40. The van der Waals surface area contributed by atoms with Crippen LogP contribution in [0.2, 0.25) is 0 Å². The molecule has 0 amide bonds. The minimum atomic E-state index is 0.538. The Kier molecular flexibility index (Phi) is 1.10. The van der Waals surface area contributed by atoms with Crippen LogP contribution < -0.4 is 0 Å². The summed E-state index contributed by atoms with van der Waals surface area (Å²) in [5, 5.41) is 8.51. The smallest absolute Gasteiger partial charge is 0.156 e. The summed E-state index contributed by atoms with van der Waals surface area (Å²) in [6.07, 6.45) is 6.47. The first kappa shape index (κ1) is 5.86. The van der Waals surface area contributed by atoms with E-state index in [4.69, 9.17) is 5.26 Å². The molecule has 0 aliphatic rings. The van der Waals surface area contributed by atoms with E-state index >= 15 is 0 Å². The van der Waals surface area contributed by atoms with Crippen molar-refractivity contribution in [3.8, 4) is 6.07 Å². The van der Waals surface area contributed by atoms with Crippen LogP contribution in [0.25, 0.3) is 5.65 Å². The second kappa shape index (κ2) is 2.06. The van der Waals surface area contributed by atoms with Gasteiger partial charge in [0, 0.05) is 12.4 Å². The Morgan fingerprint density at radius 1 is 1.45 bits per heavy atom. The molecule has 0 radical (unpaired) electrons. The number of fused-ring (bicyclic) bond motifs is 1. The normalized spacial score (nSPS) is 9.73. The number of hydrogen-bond donors (Lipinski definition) is 0. The number of nitriles is 1. The predicted molar refractivity (Wildman–Crippen MR) is 37.7 cm³/mol. The Labute approximate surface area is 62.7 Å². The Balaban J connectivity index is 2.79. The van der Waals surface area contributed by atoms with Gasteiger partial charge in [0.15, 0.2) is 5.65 Å². The van der Waals surface area contributed by atoms with Crippen LogP contribution in [0.1, 0.15) is 5.56 Å². The van der Waals surface area contributed by atoms with Gasteiger partial charge in [-0.1, -0.05) is 0 Å². The molecule has 0 aliphatic heterocycles. The van der Waals surface area contributed by atoms with Gasteiger partial charge in [-0.15, -0.1) is 0 Å². The van der Waals surface area contributed by atoms with E-state index < -0.39 is 0 Å². The van der Waals surface area contributed by atoms with Gasteiger partial charge >= 0.3 is 0 Å². The fraction of sp³-hybridized carbons (Fsp3) is 0. The lowest BCUT2D eigenvalue weighted by Crippen LogP contribution is -1.86. The average Bonchev–Trinajstić information content (AvgIpc) is 2.50. The quantitative estimate of drug-likeness (QED) is 0.544. The molecule has 52 valence electrons. The maximum Gasteiger partial charge on any atom is 0.156 e. The Morgan fingerprint density at radius 2 is 2.36 bits per heavy atom. The molecule has 0 aromatic carbocycles. The van der Waals surface area contributed by atoms with Gasteiger partial charge in [0.1, 0.15) is 12.4 Å². The van der Waals surface area contributed by atoms with Crippen LogP contribution in [0.5, 0.6) is 0 Å². The van der Waals surface area contributed by atoms with Crippen LogP contribution in [0, 0.1) is 11.3 Å². The molecular formula is C7H4N4. The van der Waals surface area contributed by atoms with Crippen molar-refractivity contribution in [2.45, 2.75) is 0 Å². The van der Waals surface area contributed by atoms with Crippen LogP contribution in [0.15, 0.2) is 24.9 Å². The highest BCUT2D eigenvalue weighted by Crippen LogP contribution is 1.99. The Morgan fingerprint density at radius 3 is 3.18 bits per heavy atom. The zero-order valence-corrected chi connectivity index (χ0v) is 5.60. The average molecular weight is 144 g/mol. The van der Waals surface area contributed by atoms with Crippen LogP contribution >= 0.6 is 0 Å². The maximum atomic E-state index is 8.51. The fourth-order valence-electron chi connectivity index (χ4n) is 0.874. The molecule has 2 rings (SSSR count). The van der Waals surface area contributed by atoms with Crippen LogP contribution in [-0.4, -0.2) is 14.4 Å². The van der Waals surface area contributed by atoms with Gasteiger partial charge in [0.25, 0.3) is 0 Å². The fourth-order valence-corrected chi connectivity index (χ4v) is 0.874. The van der Waals surface area contributed by atoms with Crippen molar-refractivity contribution in [3.63, 3.8) is 0 Å². The van der Waals surface area contributed by atoms with Crippen LogP contribution in [0.3, 0.4) is 0 Å². The first-order valence-electron chi connectivity index (χ1n) is 3.08. The van der Waals surface area contributed by atoms with Gasteiger partial charge in [-0.2, -0.15) is 5.26 Å². The third-order valence-electron chi connectivity index (χ3n) is 1.39. The SMILES string of the molecule is N#Cc1cnc2cncn2c1. The highest BCUT2D eigenvalue weighted by molar-refractivity contribution is 5.37. The van der Waals surface area contributed by atoms with E-state index in [1.807, 2.05) is 6.07 Å². The molecule has 2 aromatic heterocycles. The molecule has 0 saturated heterocycles. The highest BCUT2D eigenvalue weighted by atomic mass is 15.0. The molecule has 4 nitrogen and oxygen atoms in total. The van der Waals surface area contributed by atoms with E-state index in [1.165, 1.54) is 6.20 Å². The van der Waals surface area contributed by atoms with Gasteiger partial charge < -0.3 is 0 Å². The molecule has 0 N–H and O–H groups in total. The summed E-state index contributed by atoms with van der Waals surface area (Å²) in [7, 11) is 0. The second-order valence-corrected chi connectivity index (χ2v) is 2.11. The summed E-state index contributed by atoms with van der Waals surface area (Å²) in [6, 6.07) is 2.00. The number of rotatable bonds is 0. The summed E-state index contributed by atoms with van der Waals surface area (Å²) >= 11 is 0. The topological polar surface area (TPSA) is 54.0 Å². The molecule has 0 unspecified atom stereocenters. The van der Waals surface area contributed by atoms with Crippen LogP contribution in [-0.2, 0) is 0 Å². The predicted octanol–water partition coefficient (Wildman–Crippen LogP) is 0.601. The molecule has 0 bridgehead atoms. The number of imidazole rings is 1. The van der Waals surface area contributed by atoms with Gasteiger partial charge in [0.2, 0.25) is 0 Å². The van der Waals surface area contributed by atoms with E-state index in [1.54, 1.807) is 23.1 Å². The minimum absolute atomic E-state index is 0.538. The molecule has 2 aromatic rings. The van der Waals surface area contributed by atoms with Gasteiger partial charge in [0.05, 0.1) is 11.8 Å². The standard InChI is InChI=1S/C7H4N4/c8-1-6-2-10-7-3-9-5-11(7)4-6/h2-5H. The van der Waals surface area contributed by atoms with E-state index in [0.29, 0.717) is 5.56 Å². The third-order valence-corrected chi connectivity index (χ3v) is 1.39. The zero-order chi connectivity index (χ0) is 7.68. The van der Waals surface area contributed by atoms with Crippen molar-refractivity contribution in [2.24, 2.45) is 0 Å². The summed E-state index contributed by atoms with van der Waals surface area (Å²) < 4.78 is 1.71. The number of nitrogens with zero attached hydrogens (tertiary/aromatic N) is 4. The lowest BCUT2D eigenvalue weighted by atomic mass is 10.4. The number of hydrogen-bond acceptors (Lipinski definition) is 3. The summed E-state index contributed by atoms with van der Waals surface area (Å²) in [6.45, 7) is 0. The van der Waals surface area contributed by atoms with Crippen molar-refractivity contribution in [1.29, 1.82) is 5.26 Å². The van der Waals surface area contributed by atoms with E-state index in [0.717, 1.165) is 5.65 Å². The first-order valence-corrected chi connectivity index (χ1v) is 3.08. The van der Waals surface area contributed by atoms with E-state index in [2.05, 4.69) is 9.97 Å². The van der Waals surface area contributed by atoms with Gasteiger partial charge in [-0.05, 0) is 0 Å². The molecule has 4 heteroatoms. The van der Waals surface area contributed by atoms with Gasteiger partial charge in [-0.3, -0.25) is 4.40 Å². The maximum absolute atomic E-state index is 8.51. The van der Waals surface area contributed by atoms with Crippen molar-refractivity contribution >= 4 is 5.65 Å². The molecule has 0 aliphatic carbocycles. The molecule has 0 spiro atoms. The Hall–Kier alpha value is -1.89. The van der Waals surface area contributed by atoms with E-state index in [9.17, 15) is 0 Å². The summed E-state index contributed by atoms with van der Waals surface area (Å²) in [4.78, 5) is 7.86. The van der Waals surface area contributed by atoms with Crippen molar-refractivity contribution in [3.05, 3.63) is 30.5 Å². The number of aromatic nitrogens is 3. The van der Waals surface area contributed by atoms with Gasteiger partial charge in [-0.25, -0.2) is 9.97 Å². The van der Waals surface area contributed by atoms with Crippen molar-refractivity contribution in [2.75, 3.05) is 0 Å². The molecule has 11 heavy (non-hydrogen) atoms.